The second kappa shape index (κ2) is 4.63. The molecule has 1 aromatic carbocycles. The van der Waals surface area contributed by atoms with E-state index in [0.717, 1.165) is 5.56 Å². The van der Waals surface area contributed by atoms with Gasteiger partial charge in [0, 0.05) is 18.2 Å². The van der Waals surface area contributed by atoms with Crippen molar-refractivity contribution in [3.05, 3.63) is 34.1 Å². The number of nitrogens with one attached hydrogen (secondary N) is 1. The average molecular weight is 258 g/mol. The van der Waals surface area contributed by atoms with Gasteiger partial charge in [-0.2, -0.15) is 0 Å². The minimum atomic E-state index is -0.848. The number of carboxylic acid groups (broad SMARTS) is 1. The molecule has 0 spiro atoms. The third kappa shape index (κ3) is 2.42. The van der Waals surface area contributed by atoms with Crippen LogP contribution in [0.2, 0.25) is 5.02 Å². The second-order valence-corrected chi connectivity index (χ2v) is 4.79. The molecule has 2 unspecified atom stereocenters. The number of hydrogen-bond donors (Lipinski definition) is 2. The van der Waals surface area contributed by atoms with Crippen LogP contribution in [0, 0.1) is 18.7 Å². The van der Waals surface area contributed by atoms with Crippen molar-refractivity contribution >= 4 is 17.6 Å². The first-order valence-corrected chi connectivity index (χ1v) is 5.78. The van der Waals surface area contributed by atoms with E-state index in [1.54, 1.807) is 12.1 Å². The molecule has 0 amide bonds. The Morgan fingerprint density at radius 2 is 2.29 bits per heavy atom. The fourth-order valence-corrected chi connectivity index (χ4v) is 2.45. The number of carbonyl (C=O) groups is 1. The van der Waals surface area contributed by atoms with Crippen LogP contribution < -0.4 is 5.32 Å². The molecule has 1 heterocycles. The molecule has 17 heavy (non-hydrogen) atoms. The summed E-state index contributed by atoms with van der Waals surface area (Å²) in [5, 5.41) is 12.0. The smallest absolute Gasteiger partial charge is 0.307 e. The highest BCUT2D eigenvalue weighted by atomic mass is 35.5. The standard InChI is InChI=1S/C12H13ClFNO2/c1-6-2-8(11(14)9(13)3-6)10-4-7(5-15-10)12(16)17/h2-3,7,10,15H,4-5H2,1H3,(H,16,17). The zero-order valence-electron chi connectivity index (χ0n) is 9.34. The molecule has 1 aromatic rings. The zero-order chi connectivity index (χ0) is 12.6. The van der Waals surface area contributed by atoms with Crippen molar-refractivity contribution < 1.29 is 14.3 Å². The Balaban J connectivity index is 2.27. The Kier molecular flexibility index (Phi) is 3.35. The Hall–Kier alpha value is -1.13. The molecule has 0 aliphatic carbocycles. The van der Waals surface area contributed by atoms with E-state index >= 15 is 0 Å². The summed E-state index contributed by atoms with van der Waals surface area (Å²) in [4.78, 5) is 10.8. The maximum Gasteiger partial charge on any atom is 0.307 e. The van der Waals surface area contributed by atoms with Gasteiger partial charge in [-0.15, -0.1) is 0 Å². The molecule has 2 N–H and O–H groups in total. The molecule has 1 aliphatic heterocycles. The molecule has 1 fully saturated rings. The lowest BCUT2D eigenvalue weighted by molar-refractivity contribution is -0.141. The summed E-state index contributed by atoms with van der Waals surface area (Å²) in [5.41, 5.74) is 1.32. The molecular weight excluding hydrogens is 245 g/mol. The number of halogens is 2. The van der Waals surface area contributed by atoms with Crippen LogP contribution in [-0.2, 0) is 4.79 Å². The molecule has 0 bridgehead atoms. The van der Waals surface area contributed by atoms with Gasteiger partial charge in [-0.25, -0.2) is 4.39 Å². The van der Waals surface area contributed by atoms with E-state index in [-0.39, 0.29) is 11.1 Å². The van der Waals surface area contributed by atoms with Crippen molar-refractivity contribution in [3.63, 3.8) is 0 Å². The van der Waals surface area contributed by atoms with E-state index in [1.807, 2.05) is 6.92 Å². The van der Waals surface area contributed by atoms with Gasteiger partial charge in [0.25, 0.3) is 0 Å². The summed E-state index contributed by atoms with van der Waals surface area (Å²) in [7, 11) is 0. The second-order valence-electron chi connectivity index (χ2n) is 4.38. The lowest BCUT2D eigenvalue weighted by Gasteiger charge is -2.13. The van der Waals surface area contributed by atoms with Crippen molar-refractivity contribution in [2.75, 3.05) is 6.54 Å². The molecule has 0 radical (unpaired) electrons. The summed E-state index contributed by atoms with van der Waals surface area (Å²) < 4.78 is 13.8. The molecule has 5 heteroatoms. The first-order valence-electron chi connectivity index (χ1n) is 5.40. The molecule has 0 aromatic heterocycles. The van der Waals surface area contributed by atoms with Crippen molar-refractivity contribution in [3.8, 4) is 0 Å². The number of carboxylic acids is 1. The number of aryl methyl sites for hydroxylation is 1. The highest BCUT2D eigenvalue weighted by molar-refractivity contribution is 6.30. The normalized spacial score (nSPS) is 23.9. The number of aliphatic carboxylic acids is 1. The van der Waals surface area contributed by atoms with Crippen LogP contribution in [0.4, 0.5) is 4.39 Å². The topological polar surface area (TPSA) is 49.3 Å². The van der Waals surface area contributed by atoms with Gasteiger partial charge < -0.3 is 10.4 Å². The van der Waals surface area contributed by atoms with E-state index in [2.05, 4.69) is 5.32 Å². The lowest BCUT2D eigenvalue weighted by atomic mass is 9.98. The van der Waals surface area contributed by atoms with E-state index in [9.17, 15) is 9.18 Å². The first-order chi connectivity index (χ1) is 7.99. The molecule has 0 saturated carbocycles. The maximum absolute atomic E-state index is 13.8. The molecule has 2 atom stereocenters. The number of benzene rings is 1. The van der Waals surface area contributed by atoms with E-state index < -0.39 is 17.7 Å². The van der Waals surface area contributed by atoms with Crippen LogP contribution in [-0.4, -0.2) is 17.6 Å². The van der Waals surface area contributed by atoms with Crippen LogP contribution >= 0.6 is 11.6 Å². The summed E-state index contributed by atoms with van der Waals surface area (Å²) in [6.07, 6.45) is 0.395. The minimum Gasteiger partial charge on any atom is -0.481 e. The van der Waals surface area contributed by atoms with E-state index in [0.29, 0.717) is 18.5 Å². The molecule has 2 rings (SSSR count). The Morgan fingerprint density at radius 3 is 2.88 bits per heavy atom. The molecule has 1 aliphatic rings. The summed E-state index contributed by atoms with van der Waals surface area (Å²) in [5.74, 6) is -1.77. The lowest BCUT2D eigenvalue weighted by Crippen LogP contribution is -2.17. The van der Waals surface area contributed by atoms with E-state index in [1.165, 1.54) is 0 Å². The van der Waals surface area contributed by atoms with Gasteiger partial charge in [-0.05, 0) is 25.0 Å². The van der Waals surface area contributed by atoms with Gasteiger partial charge in [0.15, 0.2) is 0 Å². The van der Waals surface area contributed by atoms with Crippen LogP contribution in [0.1, 0.15) is 23.6 Å². The predicted molar refractivity (Wildman–Crippen MR) is 62.6 cm³/mol. The SMILES string of the molecule is Cc1cc(Cl)c(F)c(C2CC(C(=O)O)CN2)c1. The van der Waals surface area contributed by atoms with Crippen LogP contribution in [0.3, 0.4) is 0 Å². The van der Waals surface area contributed by atoms with Crippen molar-refractivity contribution in [1.82, 2.24) is 5.32 Å². The number of rotatable bonds is 2. The van der Waals surface area contributed by atoms with Gasteiger partial charge in [0.05, 0.1) is 10.9 Å². The third-order valence-electron chi connectivity index (χ3n) is 3.06. The summed E-state index contributed by atoms with van der Waals surface area (Å²) >= 11 is 5.78. The average Bonchev–Trinajstić information content (AvgIpc) is 2.72. The molecular formula is C12H13ClFNO2. The third-order valence-corrected chi connectivity index (χ3v) is 3.33. The van der Waals surface area contributed by atoms with Crippen LogP contribution in [0.25, 0.3) is 0 Å². The quantitative estimate of drug-likeness (QED) is 0.856. The van der Waals surface area contributed by atoms with Crippen molar-refractivity contribution in [1.29, 1.82) is 0 Å². The highest BCUT2D eigenvalue weighted by Gasteiger charge is 2.32. The molecule has 3 nitrogen and oxygen atoms in total. The van der Waals surface area contributed by atoms with Gasteiger partial charge >= 0.3 is 5.97 Å². The Labute approximate surface area is 104 Å². The summed E-state index contributed by atoms with van der Waals surface area (Å²) in [6, 6.07) is 3.00. The zero-order valence-corrected chi connectivity index (χ0v) is 10.1. The number of hydrogen-bond acceptors (Lipinski definition) is 2. The fraction of sp³-hybridized carbons (Fsp3) is 0.417. The first kappa shape index (κ1) is 12.3. The summed E-state index contributed by atoms with van der Waals surface area (Å²) in [6.45, 7) is 2.20. The van der Waals surface area contributed by atoms with Crippen LogP contribution in [0.5, 0.6) is 0 Å². The molecule has 1 saturated heterocycles. The van der Waals surface area contributed by atoms with Crippen LogP contribution in [0.15, 0.2) is 12.1 Å². The minimum absolute atomic E-state index is 0.0839. The predicted octanol–water partition coefficient (Wildman–Crippen LogP) is 2.52. The van der Waals surface area contributed by atoms with Gasteiger partial charge in [0.2, 0.25) is 0 Å². The van der Waals surface area contributed by atoms with Crippen molar-refractivity contribution in [2.24, 2.45) is 5.92 Å². The van der Waals surface area contributed by atoms with Gasteiger partial charge in [-0.3, -0.25) is 4.79 Å². The monoisotopic (exact) mass is 257 g/mol. The van der Waals surface area contributed by atoms with Gasteiger partial charge in [0.1, 0.15) is 5.82 Å². The maximum atomic E-state index is 13.8. The molecule has 92 valence electrons. The van der Waals surface area contributed by atoms with Crippen molar-refractivity contribution in [2.45, 2.75) is 19.4 Å². The Bertz CT molecular complexity index is 464. The Morgan fingerprint density at radius 1 is 1.59 bits per heavy atom. The van der Waals surface area contributed by atoms with Gasteiger partial charge in [-0.1, -0.05) is 17.7 Å². The fourth-order valence-electron chi connectivity index (χ4n) is 2.17. The van der Waals surface area contributed by atoms with E-state index in [4.69, 9.17) is 16.7 Å². The highest BCUT2D eigenvalue weighted by Crippen LogP contribution is 2.32. The largest absolute Gasteiger partial charge is 0.481 e.